The van der Waals surface area contributed by atoms with Crippen LogP contribution in [-0.2, 0) is 6.54 Å². The molecule has 35 heavy (non-hydrogen) atoms. The first-order valence-electron chi connectivity index (χ1n) is 11.3. The van der Waals surface area contributed by atoms with Crippen molar-refractivity contribution in [3.8, 4) is 40.4 Å². The minimum atomic E-state index is -0.0806. The zero-order chi connectivity index (χ0) is 25.2. The van der Waals surface area contributed by atoms with Gasteiger partial charge in [-0.1, -0.05) is 6.07 Å². The number of nitrogens with zero attached hydrogens (tertiary/aromatic N) is 6. The maximum atomic E-state index is 12.1. The van der Waals surface area contributed by atoms with Gasteiger partial charge >= 0.3 is 0 Å². The second kappa shape index (κ2) is 9.60. The summed E-state index contributed by atoms with van der Waals surface area (Å²) in [6, 6.07) is 11.0. The van der Waals surface area contributed by atoms with E-state index < -0.39 is 0 Å². The summed E-state index contributed by atoms with van der Waals surface area (Å²) in [7, 11) is 0. The van der Waals surface area contributed by atoms with Gasteiger partial charge in [-0.2, -0.15) is 5.26 Å². The minimum Gasteiger partial charge on any atom is -0.414 e. The van der Waals surface area contributed by atoms with Crippen molar-refractivity contribution in [2.45, 2.75) is 52.7 Å². The average Bonchev–Trinajstić information content (AvgIpc) is 3.32. The molecule has 3 heterocycles. The maximum absolute atomic E-state index is 12.1. The van der Waals surface area contributed by atoms with Gasteiger partial charge in [0.15, 0.2) is 0 Å². The van der Waals surface area contributed by atoms with E-state index in [1.807, 2.05) is 32.0 Å². The fourth-order valence-electron chi connectivity index (χ4n) is 3.45. The van der Waals surface area contributed by atoms with Gasteiger partial charge in [-0.25, -0.2) is 4.98 Å². The van der Waals surface area contributed by atoms with Crippen LogP contribution in [0.4, 0.5) is 0 Å². The molecule has 9 nitrogen and oxygen atoms in total. The molecule has 178 valence electrons. The van der Waals surface area contributed by atoms with Crippen LogP contribution in [0.5, 0.6) is 0 Å². The van der Waals surface area contributed by atoms with Crippen molar-refractivity contribution in [3.63, 3.8) is 0 Å². The fourth-order valence-corrected chi connectivity index (χ4v) is 3.45. The first-order valence-corrected chi connectivity index (χ1v) is 11.3. The van der Waals surface area contributed by atoms with Gasteiger partial charge in [-0.3, -0.25) is 9.78 Å². The summed E-state index contributed by atoms with van der Waals surface area (Å²) in [5.41, 5.74) is 3.60. The summed E-state index contributed by atoms with van der Waals surface area (Å²) in [4.78, 5) is 21.0. The quantitative estimate of drug-likeness (QED) is 0.442. The molecule has 0 fully saturated rings. The molecule has 3 aromatic heterocycles. The van der Waals surface area contributed by atoms with Crippen LogP contribution >= 0.6 is 0 Å². The maximum Gasteiger partial charge on any atom is 0.268 e. The number of aromatic nitrogens is 5. The Hall–Kier alpha value is -4.16. The lowest BCUT2D eigenvalue weighted by Crippen LogP contribution is -2.35. The summed E-state index contributed by atoms with van der Waals surface area (Å²) in [6.45, 7) is 10.8. The molecule has 0 aliphatic heterocycles. The van der Waals surface area contributed by atoms with Crippen LogP contribution in [0.2, 0.25) is 0 Å². The molecule has 0 aliphatic rings. The van der Waals surface area contributed by atoms with Crippen LogP contribution in [0.1, 0.15) is 51.8 Å². The Morgan fingerprint density at radius 1 is 1.09 bits per heavy atom. The third-order valence-electron chi connectivity index (χ3n) is 5.33. The van der Waals surface area contributed by atoms with Crippen molar-refractivity contribution in [1.29, 1.82) is 5.26 Å². The molecule has 0 saturated heterocycles. The van der Waals surface area contributed by atoms with Crippen molar-refractivity contribution < 1.29 is 4.42 Å². The Balaban J connectivity index is 1.63. The fraction of sp³-hybridized carbons (Fsp3) is 0.308. The molecule has 1 N–H and O–H groups in total. The lowest BCUT2D eigenvalue weighted by Gasteiger charge is -2.20. The van der Waals surface area contributed by atoms with E-state index in [4.69, 9.17) is 4.42 Å². The molecule has 0 bridgehead atoms. The van der Waals surface area contributed by atoms with E-state index in [2.05, 4.69) is 52.3 Å². The molecule has 0 radical (unpaired) electrons. The zero-order valence-electron chi connectivity index (χ0n) is 20.4. The lowest BCUT2D eigenvalue weighted by molar-refractivity contribution is 0.424. The molecular weight excluding hydrogens is 442 g/mol. The minimum absolute atomic E-state index is 0.0158. The van der Waals surface area contributed by atoms with Gasteiger partial charge in [0.25, 0.3) is 11.4 Å². The van der Waals surface area contributed by atoms with E-state index in [0.717, 1.165) is 11.1 Å². The van der Waals surface area contributed by atoms with Crippen LogP contribution in [0.3, 0.4) is 0 Å². The number of rotatable bonds is 6. The highest BCUT2D eigenvalue weighted by Gasteiger charge is 2.17. The van der Waals surface area contributed by atoms with Gasteiger partial charge in [0.2, 0.25) is 5.89 Å². The highest BCUT2D eigenvalue weighted by atomic mass is 16.4. The lowest BCUT2D eigenvalue weighted by atomic mass is 10.0. The smallest absolute Gasteiger partial charge is 0.268 e. The second-order valence-electron chi connectivity index (χ2n) is 9.55. The van der Waals surface area contributed by atoms with Gasteiger partial charge in [0, 0.05) is 36.0 Å². The van der Waals surface area contributed by atoms with Gasteiger partial charge in [0.1, 0.15) is 5.69 Å². The second-order valence-corrected chi connectivity index (χ2v) is 9.55. The van der Waals surface area contributed by atoms with Crippen LogP contribution in [0.25, 0.3) is 34.3 Å². The summed E-state index contributed by atoms with van der Waals surface area (Å²) in [5, 5.41) is 21.4. The van der Waals surface area contributed by atoms with Crippen LogP contribution in [0, 0.1) is 11.3 Å². The molecular formula is C26H27N7O2. The van der Waals surface area contributed by atoms with Crippen molar-refractivity contribution in [1.82, 2.24) is 30.0 Å². The predicted molar refractivity (Wildman–Crippen MR) is 132 cm³/mol. The van der Waals surface area contributed by atoms with Crippen LogP contribution < -0.4 is 10.9 Å². The van der Waals surface area contributed by atoms with Crippen molar-refractivity contribution >= 4 is 0 Å². The molecule has 0 spiro atoms. The summed E-state index contributed by atoms with van der Waals surface area (Å²) in [5.74, 6) is 0.418. The summed E-state index contributed by atoms with van der Waals surface area (Å²) >= 11 is 0. The van der Waals surface area contributed by atoms with Crippen LogP contribution in [0.15, 0.2) is 58.1 Å². The Morgan fingerprint density at radius 2 is 1.83 bits per heavy atom. The monoisotopic (exact) mass is 469 g/mol. The number of nitrogens with one attached hydrogen (secondary N) is 1. The topological polar surface area (TPSA) is 123 Å². The molecule has 0 aliphatic carbocycles. The Morgan fingerprint density at radius 3 is 2.54 bits per heavy atom. The SMILES string of the molecule is CC(C)n1cc(-c2cncc(-c3nnc(-c4ccc(CNC(C)(C)C)cc4C#N)o3)n2)ccc1=O. The molecule has 9 heteroatoms. The number of benzene rings is 1. The van der Waals surface area contributed by atoms with E-state index in [0.29, 0.717) is 29.1 Å². The van der Waals surface area contributed by atoms with Crippen LogP contribution in [-0.4, -0.2) is 30.3 Å². The number of hydrogen-bond acceptors (Lipinski definition) is 8. The summed E-state index contributed by atoms with van der Waals surface area (Å²) in [6.07, 6.45) is 4.91. The normalized spacial score (nSPS) is 11.6. The largest absolute Gasteiger partial charge is 0.414 e. The molecule has 0 amide bonds. The molecule has 4 aromatic rings. The van der Waals surface area contributed by atoms with Crippen molar-refractivity contribution in [2.75, 3.05) is 0 Å². The van der Waals surface area contributed by atoms with E-state index in [1.54, 1.807) is 23.0 Å². The van der Waals surface area contributed by atoms with Crippen molar-refractivity contribution in [2.24, 2.45) is 0 Å². The molecule has 4 rings (SSSR count). The Bertz CT molecular complexity index is 1460. The van der Waals surface area contributed by atoms with Gasteiger partial charge in [0.05, 0.1) is 35.3 Å². The third-order valence-corrected chi connectivity index (χ3v) is 5.33. The first-order chi connectivity index (χ1) is 16.6. The van der Waals surface area contributed by atoms with E-state index >= 15 is 0 Å². The molecule has 0 saturated carbocycles. The van der Waals surface area contributed by atoms with Gasteiger partial charge in [-0.15, -0.1) is 10.2 Å². The van der Waals surface area contributed by atoms with Gasteiger partial charge in [-0.05, 0) is 58.4 Å². The van der Waals surface area contributed by atoms with E-state index in [1.165, 1.54) is 12.3 Å². The Kier molecular flexibility index (Phi) is 6.58. The number of hydrogen-bond donors (Lipinski definition) is 1. The molecule has 0 atom stereocenters. The highest BCUT2D eigenvalue weighted by molar-refractivity contribution is 5.65. The third kappa shape index (κ3) is 5.50. The summed E-state index contributed by atoms with van der Waals surface area (Å²) < 4.78 is 7.52. The molecule has 0 unspecified atom stereocenters. The average molecular weight is 470 g/mol. The number of nitriles is 1. The van der Waals surface area contributed by atoms with Crippen molar-refractivity contribution in [3.05, 3.63) is 70.4 Å². The Labute approximate surface area is 203 Å². The highest BCUT2D eigenvalue weighted by Crippen LogP contribution is 2.27. The standard InChI is InChI=1S/C26H27N7O2/c1-16(2)33-15-18(7-9-23(33)34)21-13-28-14-22(30-21)25-32-31-24(35-25)20-8-6-17(10-19(20)11-27)12-29-26(3,4)5/h6-10,13-16,29H,12H2,1-5H3. The molecule has 1 aromatic carbocycles. The van der Waals surface area contributed by atoms with E-state index in [-0.39, 0.29) is 28.9 Å². The van der Waals surface area contributed by atoms with Gasteiger partial charge < -0.3 is 14.3 Å². The first kappa shape index (κ1) is 24.0. The van der Waals surface area contributed by atoms with E-state index in [9.17, 15) is 10.1 Å². The number of pyridine rings is 1. The zero-order valence-corrected chi connectivity index (χ0v) is 20.4. The predicted octanol–water partition coefficient (Wildman–Crippen LogP) is 4.36.